The Morgan fingerprint density at radius 3 is 2.37 bits per heavy atom. The number of carbonyl (C=O) groups is 3. The second-order valence-electron chi connectivity index (χ2n) is 6.20. The number of carbonyl (C=O) groups excluding carboxylic acids is 2. The van der Waals surface area contributed by atoms with Gasteiger partial charge >= 0.3 is 5.97 Å². The second-order valence-corrected chi connectivity index (χ2v) is 8.97. The van der Waals surface area contributed by atoms with Crippen molar-refractivity contribution in [3.8, 4) is 0 Å². The fraction of sp³-hybridized carbons (Fsp3) is 0.0952. The predicted molar refractivity (Wildman–Crippen MR) is 121 cm³/mol. The van der Waals surface area contributed by atoms with Gasteiger partial charge in [-0.3, -0.25) is 9.59 Å². The van der Waals surface area contributed by atoms with E-state index in [1.54, 1.807) is 31.2 Å². The van der Waals surface area contributed by atoms with E-state index in [4.69, 9.17) is 16.7 Å². The molecular weight excluding hydrogens is 444 g/mol. The van der Waals surface area contributed by atoms with Gasteiger partial charge in [-0.05, 0) is 60.8 Å². The minimum Gasteiger partial charge on any atom is -0.478 e. The molecule has 1 atom stereocenters. The summed E-state index contributed by atoms with van der Waals surface area (Å²) in [4.78, 5) is 37.2. The number of hydrogen-bond donors (Lipinski definition) is 3. The van der Waals surface area contributed by atoms with E-state index in [0.717, 1.165) is 4.90 Å². The number of hydrogen-bond acceptors (Lipinski definition) is 5. The van der Waals surface area contributed by atoms with Gasteiger partial charge in [-0.2, -0.15) is 0 Å². The molecular formula is C21H17ClN2O4S2. The Hall–Kier alpha value is -2.81. The van der Waals surface area contributed by atoms with Gasteiger partial charge in [-0.25, -0.2) is 4.79 Å². The maximum absolute atomic E-state index is 12.5. The van der Waals surface area contributed by atoms with E-state index in [1.807, 2.05) is 23.6 Å². The highest BCUT2D eigenvalue weighted by molar-refractivity contribution is 8.00. The summed E-state index contributed by atoms with van der Waals surface area (Å²) in [5, 5.41) is 16.2. The molecule has 0 radical (unpaired) electrons. The molecule has 154 valence electrons. The van der Waals surface area contributed by atoms with Crippen LogP contribution < -0.4 is 10.6 Å². The van der Waals surface area contributed by atoms with Gasteiger partial charge in [0.15, 0.2) is 0 Å². The lowest BCUT2D eigenvalue weighted by atomic mass is 10.2. The van der Waals surface area contributed by atoms with E-state index in [0.29, 0.717) is 16.3 Å². The smallest absolute Gasteiger partial charge is 0.337 e. The van der Waals surface area contributed by atoms with Gasteiger partial charge in [0.2, 0.25) is 5.91 Å². The predicted octanol–water partition coefficient (Wildman–Crippen LogP) is 5.47. The lowest BCUT2D eigenvalue weighted by Gasteiger charge is -2.13. The van der Waals surface area contributed by atoms with Crippen LogP contribution in [0.4, 0.5) is 11.4 Å². The van der Waals surface area contributed by atoms with E-state index in [2.05, 4.69) is 10.6 Å². The summed E-state index contributed by atoms with van der Waals surface area (Å²) >= 11 is 8.56. The van der Waals surface area contributed by atoms with Crippen LogP contribution in [0.5, 0.6) is 0 Å². The number of carboxylic acid groups (broad SMARTS) is 1. The summed E-state index contributed by atoms with van der Waals surface area (Å²) in [6.07, 6.45) is 0. The molecule has 2 aromatic carbocycles. The number of thiophene rings is 1. The third-order valence-electron chi connectivity index (χ3n) is 4.00. The van der Waals surface area contributed by atoms with Gasteiger partial charge in [0, 0.05) is 16.3 Å². The topological polar surface area (TPSA) is 95.5 Å². The molecule has 3 N–H and O–H groups in total. The van der Waals surface area contributed by atoms with E-state index in [9.17, 15) is 14.4 Å². The van der Waals surface area contributed by atoms with E-state index < -0.39 is 11.2 Å². The number of anilines is 2. The first kappa shape index (κ1) is 21.9. The van der Waals surface area contributed by atoms with Crippen LogP contribution in [0.15, 0.2) is 64.9 Å². The first-order valence-corrected chi connectivity index (χ1v) is 10.9. The van der Waals surface area contributed by atoms with Crippen molar-refractivity contribution >= 4 is 63.9 Å². The van der Waals surface area contributed by atoms with Crippen molar-refractivity contribution in [2.45, 2.75) is 17.1 Å². The average Bonchev–Trinajstić information content (AvgIpc) is 3.25. The van der Waals surface area contributed by atoms with Gasteiger partial charge in [-0.1, -0.05) is 17.7 Å². The maximum atomic E-state index is 12.5. The number of aromatic carboxylic acids is 1. The molecule has 0 saturated carbocycles. The fourth-order valence-corrected chi connectivity index (χ4v) is 4.17. The minimum atomic E-state index is -1.16. The molecule has 30 heavy (non-hydrogen) atoms. The molecule has 2 amide bonds. The zero-order valence-corrected chi connectivity index (χ0v) is 18.1. The zero-order valence-electron chi connectivity index (χ0n) is 15.7. The van der Waals surface area contributed by atoms with Crippen molar-refractivity contribution < 1.29 is 19.5 Å². The second kappa shape index (κ2) is 9.80. The highest BCUT2D eigenvalue weighted by atomic mass is 35.5. The minimum absolute atomic E-state index is 0.0741. The Kier molecular flexibility index (Phi) is 7.15. The van der Waals surface area contributed by atoms with Crippen molar-refractivity contribution in [2.75, 3.05) is 10.6 Å². The zero-order chi connectivity index (χ0) is 21.7. The van der Waals surface area contributed by atoms with Gasteiger partial charge in [-0.15, -0.1) is 23.1 Å². The van der Waals surface area contributed by atoms with Gasteiger partial charge in [0.1, 0.15) is 0 Å². The van der Waals surface area contributed by atoms with E-state index in [1.165, 1.54) is 35.2 Å². The van der Waals surface area contributed by atoms with Crippen molar-refractivity contribution in [1.29, 1.82) is 0 Å². The largest absolute Gasteiger partial charge is 0.478 e. The number of amides is 2. The Labute approximate surface area is 186 Å². The molecule has 3 aromatic rings. The Morgan fingerprint density at radius 2 is 1.73 bits per heavy atom. The van der Waals surface area contributed by atoms with Crippen LogP contribution in [0.2, 0.25) is 5.02 Å². The molecule has 0 spiro atoms. The normalized spacial score (nSPS) is 11.5. The van der Waals surface area contributed by atoms with Crippen molar-refractivity contribution in [1.82, 2.24) is 0 Å². The Morgan fingerprint density at radius 1 is 1.03 bits per heavy atom. The number of rotatable bonds is 7. The first-order valence-electron chi connectivity index (χ1n) is 8.79. The summed E-state index contributed by atoms with van der Waals surface area (Å²) in [6, 6.07) is 15.1. The fourth-order valence-electron chi connectivity index (χ4n) is 2.49. The number of benzene rings is 2. The van der Waals surface area contributed by atoms with Crippen molar-refractivity contribution in [3.63, 3.8) is 0 Å². The number of halogens is 1. The highest BCUT2D eigenvalue weighted by Crippen LogP contribution is 2.27. The van der Waals surface area contributed by atoms with Gasteiger partial charge in [0.25, 0.3) is 5.91 Å². The molecule has 0 fully saturated rings. The molecule has 9 heteroatoms. The molecule has 0 aliphatic heterocycles. The molecule has 0 bridgehead atoms. The standard InChI is InChI=1S/C21H17ClN2O4S2/c1-12(19(25)24-14-6-9-17(22)16(11-14)21(27)28)30-15-7-4-13(5-8-15)23-20(26)18-3-2-10-29-18/h2-12H,1H3,(H,23,26)(H,24,25)(H,27,28). The Balaban J connectivity index is 1.58. The van der Waals surface area contributed by atoms with Crippen LogP contribution in [-0.4, -0.2) is 28.1 Å². The van der Waals surface area contributed by atoms with Crippen LogP contribution in [0.3, 0.4) is 0 Å². The highest BCUT2D eigenvalue weighted by Gasteiger charge is 2.17. The molecule has 0 aliphatic rings. The summed E-state index contributed by atoms with van der Waals surface area (Å²) < 4.78 is 0. The molecule has 1 heterocycles. The van der Waals surface area contributed by atoms with Crippen LogP contribution >= 0.6 is 34.7 Å². The first-order chi connectivity index (χ1) is 14.3. The molecule has 0 saturated heterocycles. The molecule has 3 rings (SSSR count). The third kappa shape index (κ3) is 5.63. The quantitative estimate of drug-likeness (QED) is 0.406. The van der Waals surface area contributed by atoms with Gasteiger partial charge < -0.3 is 15.7 Å². The number of thioether (sulfide) groups is 1. The number of nitrogens with one attached hydrogen (secondary N) is 2. The SMILES string of the molecule is CC(Sc1ccc(NC(=O)c2cccs2)cc1)C(=O)Nc1ccc(Cl)c(C(=O)O)c1. The van der Waals surface area contributed by atoms with E-state index in [-0.39, 0.29) is 22.4 Å². The van der Waals surface area contributed by atoms with Gasteiger partial charge in [0.05, 0.1) is 20.7 Å². The molecule has 0 aliphatic carbocycles. The maximum Gasteiger partial charge on any atom is 0.337 e. The molecule has 1 aromatic heterocycles. The summed E-state index contributed by atoms with van der Waals surface area (Å²) in [5.74, 6) is -1.60. The summed E-state index contributed by atoms with van der Waals surface area (Å²) in [7, 11) is 0. The van der Waals surface area contributed by atoms with Crippen molar-refractivity contribution in [3.05, 3.63) is 75.4 Å². The monoisotopic (exact) mass is 460 g/mol. The van der Waals surface area contributed by atoms with Crippen LogP contribution in [-0.2, 0) is 4.79 Å². The van der Waals surface area contributed by atoms with Crippen LogP contribution in [0.25, 0.3) is 0 Å². The summed E-state index contributed by atoms with van der Waals surface area (Å²) in [5.41, 5.74) is 0.952. The average molecular weight is 461 g/mol. The lowest BCUT2D eigenvalue weighted by Crippen LogP contribution is -2.22. The molecule has 6 nitrogen and oxygen atoms in total. The number of carboxylic acids is 1. The van der Waals surface area contributed by atoms with Crippen LogP contribution in [0.1, 0.15) is 27.0 Å². The van der Waals surface area contributed by atoms with E-state index >= 15 is 0 Å². The van der Waals surface area contributed by atoms with Crippen LogP contribution in [0, 0.1) is 0 Å². The summed E-state index contributed by atoms with van der Waals surface area (Å²) in [6.45, 7) is 1.75. The Bertz CT molecular complexity index is 1070. The third-order valence-corrected chi connectivity index (χ3v) is 6.31. The lowest BCUT2D eigenvalue weighted by molar-refractivity contribution is -0.115. The molecule has 1 unspecified atom stereocenters. The van der Waals surface area contributed by atoms with Crippen molar-refractivity contribution in [2.24, 2.45) is 0 Å².